The average Bonchev–Trinajstić information content (AvgIpc) is 3.32. The van der Waals surface area contributed by atoms with E-state index in [1.807, 2.05) is 55.5 Å². The molecule has 1 heterocycles. The molecule has 3 aromatic rings. The van der Waals surface area contributed by atoms with Crippen molar-refractivity contribution in [3.8, 4) is 11.5 Å². The van der Waals surface area contributed by atoms with Crippen LogP contribution in [0, 0.1) is 12.7 Å². The summed E-state index contributed by atoms with van der Waals surface area (Å²) in [6.07, 6.45) is -0.264. The van der Waals surface area contributed by atoms with Crippen molar-refractivity contribution < 1.29 is 23.8 Å². The lowest BCUT2D eigenvalue weighted by Crippen LogP contribution is -2.39. The lowest BCUT2D eigenvalue weighted by Gasteiger charge is -2.27. The summed E-state index contributed by atoms with van der Waals surface area (Å²) in [6.45, 7) is 3.72. The first-order chi connectivity index (χ1) is 17.0. The van der Waals surface area contributed by atoms with Crippen LogP contribution in [0.25, 0.3) is 0 Å². The molecule has 0 saturated heterocycles. The third-order valence-corrected chi connectivity index (χ3v) is 5.91. The van der Waals surface area contributed by atoms with E-state index in [1.54, 1.807) is 19.2 Å². The highest BCUT2D eigenvalue weighted by atomic mass is 19.1. The first-order valence-corrected chi connectivity index (χ1v) is 11.7. The molecule has 2 atom stereocenters. The minimum atomic E-state index is -0.695. The first-order valence-electron chi connectivity index (χ1n) is 11.7. The molecule has 35 heavy (non-hydrogen) atoms. The van der Waals surface area contributed by atoms with Gasteiger partial charge in [-0.3, -0.25) is 4.90 Å². The molecule has 7 heteroatoms. The molecule has 0 bridgehead atoms. The fourth-order valence-corrected chi connectivity index (χ4v) is 4.11. The normalized spacial score (nSPS) is 16.0. The number of oxime groups is 1. The van der Waals surface area contributed by atoms with Crippen LogP contribution in [0.3, 0.4) is 0 Å². The molecule has 0 saturated carbocycles. The van der Waals surface area contributed by atoms with Crippen molar-refractivity contribution in [3.63, 3.8) is 0 Å². The van der Waals surface area contributed by atoms with E-state index >= 15 is 0 Å². The van der Waals surface area contributed by atoms with E-state index in [4.69, 9.17) is 14.3 Å². The molecule has 184 valence electrons. The van der Waals surface area contributed by atoms with Gasteiger partial charge < -0.3 is 19.4 Å². The SMILES string of the molecule is COc1cccc(CN(C[C@@H](O)COc2ccccc2C)C[C@@H]2CC(c3ccc(F)cc3)=NO2)c1. The van der Waals surface area contributed by atoms with E-state index in [9.17, 15) is 9.50 Å². The Bertz CT molecular complexity index is 1140. The third kappa shape index (κ3) is 7.04. The molecule has 0 amide bonds. The Labute approximate surface area is 205 Å². The average molecular weight is 479 g/mol. The Hall–Kier alpha value is -3.42. The van der Waals surface area contributed by atoms with Crippen LogP contribution in [0.4, 0.5) is 4.39 Å². The fourth-order valence-electron chi connectivity index (χ4n) is 4.11. The van der Waals surface area contributed by atoms with Gasteiger partial charge in [-0.25, -0.2) is 4.39 Å². The van der Waals surface area contributed by atoms with Crippen LogP contribution in [0.1, 0.15) is 23.1 Å². The Kier molecular flexibility index (Phi) is 8.34. The van der Waals surface area contributed by atoms with Crippen molar-refractivity contribution in [2.75, 3.05) is 26.8 Å². The smallest absolute Gasteiger partial charge is 0.145 e. The lowest BCUT2D eigenvalue weighted by molar-refractivity contribution is 0.0212. The second kappa shape index (κ2) is 11.8. The molecule has 0 aromatic heterocycles. The summed E-state index contributed by atoms with van der Waals surface area (Å²) in [4.78, 5) is 7.84. The number of para-hydroxylation sites is 1. The van der Waals surface area contributed by atoms with Crippen molar-refractivity contribution in [2.45, 2.75) is 32.1 Å². The van der Waals surface area contributed by atoms with E-state index in [-0.39, 0.29) is 18.5 Å². The molecule has 0 radical (unpaired) electrons. The Morgan fingerprint density at radius 3 is 2.69 bits per heavy atom. The van der Waals surface area contributed by atoms with Crippen LogP contribution >= 0.6 is 0 Å². The molecular formula is C28H31FN2O4. The van der Waals surface area contributed by atoms with Crippen LogP contribution in [0.5, 0.6) is 11.5 Å². The highest BCUT2D eigenvalue weighted by molar-refractivity contribution is 6.01. The summed E-state index contributed by atoms with van der Waals surface area (Å²) >= 11 is 0. The van der Waals surface area contributed by atoms with Crippen molar-refractivity contribution >= 4 is 5.71 Å². The number of benzene rings is 3. The standard InChI is InChI=1S/C28H31FN2O4/c1-20-6-3-4-9-28(20)34-19-24(32)17-31(16-21-7-5-8-25(14-21)33-2)18-26-15-27(30-35-26)22-10-12-23(29)13-11-22/h3-14,24,26,32H,15-19H2,1-2H3/t24-,26+/m1/s1. The molecule has 1 aliphatic rings. The van der Waals surface area contributed by atoms with Crippen molar-refractivity contribution in [2.24, 2.45) is 5.16 Å². The number of hydrogen-bond acceptors (Lipinski definition) is 6. The highest BCUT2D eigenvalue weighted by Crippen LogP contribution is 2.21. The number of ether oxygens (including phenoxy) is 2. The number of rotatable bonds is 11. The number of hydrogen-bond donors (Lipinski definition) is 1. The van der Waals surface area contributed by atoms with E-state index in [0.717, 1.165) is 33.9 Å². The van der Waals surface area contributed by atoms with Crippen LogP contribution < -0.4 is 9.47 Å². The summed E-state index contributed by atoms with van der Waals surface area (Å²) in [5.74, 6) is 1.27. The van der Waals surface area contributed by atoms with Gasteiger partial charge >= 0.3 is 0 Å². The number of nitrogens with zero attached hydrogens (tertiary/aromatic N) is 2. The van der Waals surface area contributed by atoms with Gasteiger partial charge in [0.15, 0.2) is 0 Å². The number of halogens is 1. The van der Waals surface area contributed by atoms with Gasteiger partial charge in [-0.05, 0) is 53.9 Å². The Morgan fingerprint density at radius 1 is 1.11 bits per heavy atom. The van der Waals surface area contributed by atoms with Gasteiger partial charge in [-0.15, -0.1) is 0 Å². The second-order valence-corrected chi connectivity index (χ2v) is 8.75. The molecule has 1 aliphatic heterocycles. The van der Waals surface area contributed by atoms with Gasteiger partial charge in [-0.1, -0.05) is 47.6 Å². The largest absolute Gasteiger partial charge is 0.497 e. The number of aryl methyl sites for hydroxylation is 1. The lowest BCUT2D eigenvalue weighted by atomic mass is 10.0. The predicted molar refractivity (Wildman–Crippen MR) is 133 cm³/mol. The van der Waals surface area contributed by atoms with Crippen LogP contribution in [-0.2, 0) is 11.4 Å². The van der Waals surface area contributed by atoms with Gasteiger partial charge in [0, 0.05) is 26.1 Å². The Morgan fingerprint density at radius 2 is 1.91 bits per heavy atom. The van der Waals surface area contributed by atoms with E-state index < -0.39 is 6.10 Å². The van der Waals surface area contributed by atoms with E-state index in [1.165, 1.54) is 12.1 Å². The minimum absolute atomic E-state index is 0.176. The van der Waals surface area contributed by atoms with Gasteiger partial charge in [0.05, 0.1) is 12.8 Å². The quantitative estimate of drug-likeness (QED) is 0.437. The van der Waals surface area contributed by atoms with Crippen molar-refractivity contribution in [1.82, 2.24) is 4.90 Å². The summed E-state index contributed by atoms with van der Waals surface area (Å²) < 4.78 is 24.5. The maximum Gasteiger partial charge on any atom is 0.145 e. The third-order valence-electron chi connectivity index (χ3n) is 5.91. The van der Waals surface area contributed by atoms with Gasteiger partial charge in [-0.2, -0.15) is 0 Å². The zero-order valence-electron chi connectivity index (χ0n) is 20.1. The number of aliphatic hydroxyl groups is 1. The molecule has 6 nitrogen and oxygen atoms in total. The van der Waals surface area contributed by atoms with Crippen LogP contribution in [0.2, 0.25) is 0 Å². The summed E-state index contributed by atoms with van der Waals surface area (Å²) in [7, 11) is 1.64. The Balaban J connectivity index is 1.40. The maximum atomic E-state index is 13.3. The molecule has 1 N–H and O–H groups in total. The van der Waals surface area contributed by atoms with Gasteiger partial charge in [0.25, 0.3) is 0 Å². The molecule has 0 spiro atoms. The molecule has 3 aromatic carbocycles. The topological polar surface area (TPSA) is 63.5 Å². The highest BCUT2D eigenvalue weighted by Gasteiger charge is 2.26. The van der Waals surface area contributed by atoms with Crippen molar-refractivity contribution in [3.05, 3.63) is 95.3 Å². The zero-order valence-corrected chi connectivity index (χ0v) is 20.1. The van der Waals surface area contributed by atoms with Crippen molar-refractivity contribution in [1.29, 1.82) is 0 Å². The predicted octanol–water partition coefficient (Wildman–Crippen LogP) is 4.58. The molecule has 4 rings (SSSR count). The summed E-state index contributed by atoms with van der Waals surface area (Å²) in [5, 5.41) is 15.0. The first kappa shape index (κ1) is 24.7. The molecular weight excluding hydrogens is 447 g/mol. The second-order valence-electron chi connectivity index (χ2n) is 8.75. The van der Waals surface area contributed by atoms with Gasteiger partial charge in [0.1, 0.15) is 36.1 Å². The van der Waals surface area contributed by atoms with E-state index in [2.05, 4.69) is 10.1 Å². The molecule has 0 fully saturated rings. The molecule has 0 unspecified atom stereocenters. The monoisotopic (exact) mass is 478 g/mol. The zero-order chi connectivity index (χ0) is 24.6. The summed E-state index contributed by atoms with van der Waals surface area (Å²) in [6, 6.07) is 21.9. The number of aliphatic hydroxyl groups excluding tert-OH is 1. The maximum absolute atomic E-state index is 13.3. The molecule has 0 aliphatic carbocycles. The van der Waals surface area contributed by atoms with Gasteiger partial charge in [0.2, 0.25) is 0 Å². The van der Waals surface area contributed by atoms with Crippen LogP contribution in [-0.4, -0.2) is 54.7 Å². The minimum Gasteiger partial charge on any atom is -0.497 e. The fraction of sp³-hybridized carbons (Fsp3) is 0.321. The van der Waals surface area contributed by atoms with Crippen LogP contribution in [0.15, 0.2) is 78.0 Å². The van der Waals surface area contributed by atoms with E-state index in [0.29, 0.717) is 26.1 Å². The number of methoxy groups -OCH3 is 1. The summed E-state index contributed by atoms with van der Waals surface area (Å²) in [5.41, 5.74) is 3.73.